The topological polar surface area (TPSA) is 61.9 Å². The summed E-state index contributed by atoms with van der Waals surface area (Å²) < 4.78 is 5.21. The van der Waals surface area contributed by atoms with E-state index in [4.69, 9.17) is 4.74 Å². The van der Waals surface area contributed by atoms with Gasteiger partial charge >= 0.3 is 0 Å². The van der Waals surface area contributed by atoms with Gasteiger partial charge in [-0.3, -0.25) is 14.5 Å². The maximum absolute atomic E-state index is 13.5. The molecule has 1 heterocycles. The number of piperidine rings is 1. The second kappa shape index (κ2) is 11.8. The van der Waals surface area contributed by atoms with Crippen molar-refractivity contribution in [3.05, 3.63) is 59.7 Å². The van der Waals surface area contributed by atoms with Crippen LogP contribution in [0.2, 0.25) is 0 Å². The third-order valence-corrected chi connectivity index (χ3v) is 6.51. The van der Waals surface area contributed by atoms with Crippen LogP contribution in [0.5, 0.6) is 5.75 Å². The fourth-order valence-electron chi connectivity index (χ4n) is 4.36. The molecule has 1 fully saturated rings. The van der Waals surface area contributed by atoms with Crippen LogP contribution >= 0.6 is 0 Å². The van der Waals surface area contributed by atoms with Gasteiger partial charge in [-0.1, -0.05) is 25.1 Å². The quantitative estimate of drug-likeness (QED) is 0.622. The first-order valence-electron chi connectivity index (χ1n) is 12.0. The highest BCUT2D eigenvalue weighted by molar-refractivity contribution is 6.09. The van der Waals surface area contributed by atoms with E-state index < -0.39 is 0 Å². The molecule has 6 nitrogen and oxygen atoms in total. The highest BCUT2D eigenvalue weighted by atomic mass is 16.5. The summed E-state index contributed by atoms with van der Waals surface area (Å²) in [6.07, 6.45) is 2.95. The van der Waals surface area contributed by atoms with Crippen LogP contribution in [0.4, 0.5) is 5.69 Å². The van der Waals surface area contributed by atoms with Crippen molar-refractivity contribution in [3.63, 3.8) is 0 Å². The molecule has 0 spiro atoms. The van der Waals surface area contributed by atoms with Crippen LogP contribution in [0.15, 0.2) is 48.5 Å². The van der Waals surface area contributed by atoms with Crippen LogP contribution in [0, 0.1) is 5.92 Å². The molecular formula is C27H37N3O3. The molecule has 0 saturated carbocycles. The number of para-hydroxylation sites is 1. The molecule has 33 heavy (non-hydrogen) atoms. The van der Waals surface area contributed by atoms with Crippen molar-refractivity contribution >= 4 is 17.5 Å². The van der Waals surface area contributed by atoms with Gasteiger partial charge in [-0.25, -0.2) is 0 Å². The number of carbonyl (C=O) groups excluding carboxylic acids is 2. The van der Waals surface area contributed by atoms with Crippen molar-refractivity contribution in [1.29, 1.82) is 0 Å². The Morgan fingerprint density at radius 2 is 1.76 bits per heavy atom. The lowest BCUT2D eigenvalue weighted by Crippen LogP contribution is -2.45. The van der Waals surface area contributed by atoms with Crippen LogP contribution in [0.25, 0.3) is 0 Å². The van der Waals surface area contributed by atoms with Crippen molar-refractivity contribution < 1.29 is 14.3 Å². The van der Waals surface area contributed by atoms with Gasteiger partial charge in [0.05, 0.1) is 7.11 Å². The van der Waals surface area contributed by atoms with Gasteiger partial charge in [0.25, 0.3) is 5.91 Å². The van der Waals surface area contributed by atoms with Crippen LogP contribution in [-0.2, 0) is 11.2 Å². The Labute approximate surface area is 197 Å². The number of ether oxygens (including phenoxy) is 1. The van der Waals surface area contributed by atoms with Gasteiger partial charge in [-0.2, -0.15) is 0 Å². The molecule has 178 valence electrons. The Morgan fingerprint density at radius 1 is 1.09 bits per heavy atom. The monoisotopic (exact) mass is 451 g/mol. The molecule has 0 atom stereocenters. The van der Waals surface area contributed by atoms with E-state index in [1.807, 2.05) is 24.3 Å². The van der Waals surface area contributed by atoms with Gasteiger partial charge in [0.15, 0.2) is 0 Å². The summed E-state index contributed by atoms with van der Waals surface area (Å²) in [4.78, 5) is 30.5. The Hall–Kier alpha value is -2.86. The zero-order chi connectivity index (χ0) is 23.8. The van der Waals surface area contributed by atoms with Gasteiger partial charge in [0.1, 0.15) is 12.3 Å². The Balaban J connectivity index is 1.70. The number of hydrogen-bond donors (Lipinski definition) is 1. The summed E-state index contributed by atoms with van der Waals surface area (Å²) in [6.45, 7) is 9.31. The third kappa shape index (κ3) is 6.57. The number of nitrogens with zero attached hydrogens (tertiary/aromatic N) is 2. The molecule has 2 aromatic carbocycles. The molecule has 0 radical (unpaired) electrons. The van der Waals surface area contributed by atoms with Crippen LogP contribution in [-0.4, -0.2) is 56.0 Å². The second-order valence-corrected chi connectivity index (χ2v) is 8.98. The lowest BCUT2D eigenvalue weighted by molar-refractivity contribution is -0.120. The van der Waals surface area contributed by atoms with E-state index in [1.54, 1.807) is 36.3 Å². The summed E-state index contributed by atoms with van der Waals surface area (Å²) in [5.41, 5.74) is 2.34. The van der Waals surface area contributed by atoms with Crippen molar-refractivity contribution in [2.75, 3.05) is 38.2 Å². The van der Waals surface area contributed by atoms with E-state index in [0.717, 1.165) is 43.6 Å². The van der Waals surface area contributed by atoms with Crippen LogP contribution in [0.1, 0.15) is 49.5 Å². The summed E-state index contributed by atoms with van der Waals surface area (Å²) in [5, 5.41) is 3.09. The first kappa shape index (κ1) is 24.8. The fourth-order valence-corrected chi connectivity index (χ4v) is 4.36. The molecular weight excluding hydrogens is 414 g/mol. The predicted octanol–water partition coefficient (Wildman–Crippen LogP) is 4.14. The second-order valence-electron chi connectivity index (χ2n) is 8.98. The first-order chi connectivity index (χ1) is 15.9. The molecule has 0 aliphatic carbocycles. The minimum atomic E-state index is -0.195. The molecule has 1 N–H and O–H groups in total. The molecule has 1 saturated heterocycles. The lowest BCUT2D eigenvalue weighted by atomic mass is 9.96. The van der Waals surface area contributed by atoms with Crippen molar-refractivity contribution in [2.24, 2.45) is 5.92 Å². The number of benzene rings is 2. The van der Waals surface area contributed by atoms with Gasteiger partial charge < -0.3 is 15.0 Å². The predicted molar refractivity (Wildman–Crippen MR) is 133 cm³/mol. The van der Waals surface area contributed by atoms with Gasteiger partial charge in [-0.15, -0.1) is 0 Å². The summed E-state index contributed by atoms with van der Waals surface area (Å²) in [7, 11) is 1.59. The normalized spacial score (nSPS) is 14.8. The van der Waals surface area contributed by atoms with Gasteiger partial charge in [0.2, 0.25) is 5.91 Å². The minimum Gasteiger partial charge on any atom is -0.497 e. The fraction of sp³-hybridized carbons (Fsp3) is 0.481. The van der Waals surface area contributed by atoms with Crippen LogP contribution < -0.4 is 15.0 Å². The van der Waals surface area contributed by atoms with Crippen molar-refractivity contribution in [3.8, 4) is 5.75 Å². The molecule has 6 heteroatoms. The Kier molecular flexibility index (Phi) is 8.89. The minimum absolute atomic E-state index is 0.00723. The Bertz CT molecular complexity index is 918. The zero-order valence-corrected chi connectivity index (χ0v) is 20.3. The van der Waals surface area contributed by atoms with Gasteiger partial charge in [-0.05, 0) is 88.0 Å². The van der Waals surface area contributed by atoms with E-state index in [1.165, 1.54) is 0 Å². The highest BCUT2D eigenvalue weighted by Crippen LogP contribution is 2.24. The highest BCUT2D eigenvalue weighted by Gasteiger charge is 2.24. The molecule has 0 unspecified atom stereocenters. The van der Waals surface area contributed by atoms with E-state index in [-0.39, 0.29) is 18.4 Å². The molecule has 2 amide bonds. The number of hydrogen-bond acceptors (Lipinski definition) is 4. The number of likely N-dealkylation sites (tertiary alicyclic amines) is 1. The maximum atomic E-state index is 13.5. The van der Waals surface area contributed by atoms with Crippen LogP contribution in [0.3, 0.4) is 0 Å². The standard InChI is InChI=1S/C27H37N3O3/c1-5-22-8-6-7-9-25(22)30(27(32)23-10-12-24(33-4)13-11-23)19-26(31)28-18-21-14-16-29(17-15-21)20(2)3/h6-13,20-21H,5,14-19H2,1-4H3,(H,28,31). The summed E-state index contributed by atoms with van der Waals surface area (Å²) >= 11 is 0. The molecule has 1 aliphatic heterocycles. The SMILES string of the molecule is CCc1ccccc1N(CC(=O)NCC1CCN(C(C)C)CC1)C(=O)c1ccc(OC)cc1. The average molecular weight is 452 g/mol. The number of methoxy groups -OCH3 is 1. The molecule has 0 bridgehead atoms. The van der Waals surface area contributed by atoms with E-state index in [2.05, 4.69) is 31.0 Å². The number of carbonyl (C=O) groups is 2. The number of nitrogens with one attached hydrogen (secondary N) is 1. The van der Waals surface area contributed by atoms with Crippen molar-refractivity contribution in [1.82, 2.24) is 10.2 Å². The number of rotatable bonds is 9. The zero-order valence-electron chi connectivity index (χ0n) is 20.3. The van der Waals surface area contributed by atoms with Gasteiger partial charge in [0, 0.05) is 23.8 Å². The maximum Gasteiger partial charge on any atom is 0.258 e. The summed E-state index contributed by atoms with van der Waals surface area (Å²) in [5.74, 6) is 0.846. The van der Waals surface area contributed by atoms with Crippen molar-refractivity contribution in [2.45, 2.75) is 46.1 Å². The average Bonchev–Trinajstić information content (AvgIpc) is 2.86. The number of aryl methyl sites for hydroxylation is 1. The molecule has 2 aromatic rings. The molecule has 0 aromatic heterocycles. The number of anilines is 1. The molecule has 1 aliphatic rings. The molecule has 3 rings (SSSR count). The third-order valence-electron chi connectivity index (χ3n) is 6.51. The van der Waals surface area contributed by atoms with E-state index in [9.17, 15) is 9.59 Å². The lowest BCUT2D eigenvalue weighted by Gasteiger charge is -2.34. The smallest absolute Gasteiger partial charge is 0.258 e. The van der Waals surface area contributed by atoms with E-state index >= 15 is 0 Å². The first-order valence-corrected chi connectivity index (χ1v) is 12.0. The number of amides is 2. The van der Waals surface area contributed by atoms with E-state index in [0.29, 0.717) is 29.8 Å². The largest absolute Gasteiger partial charge is 0.497 e. The summed E-state index contributed by atoms with van der Waals surface area (Å²) in [6, 6.07) is 15.4. The Morgan fingerprint density at radius 3 is 2.36 bits per heavy atom.